The lowest BCUT2D eigenvalue weighted by atomic mass is 9.99. The molecule has 4 aromatic rings. The lowest BCUT2D eigenvalue weighted by Gasteiger charge is -2.30. The van der Waals surface area contributed by atoms with Crippen LogP contribution in [-0.4, -0.2) is 18.7 Å². The Kier molecular flexibility index (Phi) is 5.14. The van der Waals surface area contributed by atoms with E-state index in [0.717, 1.165) is 33.4 Å². The predicted octanol–water partition coefficient (Wildman–Crippen LogP) is 5.47. The quantitative estimate of drug-likeness (QED) is 0.399. The van der Waals surface area contributed by atoms with E-state index in [1.807, 2.05) is 60.7 Å². The normalized spacial score (nSPS) is 13.6. The molecule has 156 valence electrons. The second-order valence-electron chi connectivity index (χ2n) is 7.50. The molecule has 0 radical (unpaired) electrons. The van der Waals surface area contributed by atoms with E-state index >= 15 is 0 Å². The molecule has 5 nitrogen and oxygen atoms in total. The highest BCUT2D eigenvalue weighted by atomic mass is 35.5. The van der Waals surface area contributed by atoms with Gasteiger partial charge in [0.2, 0.25) is 0 Å². The minimum absolute atomic E-state index is 0.387. The number of benzene rings is 3. The Morgan fingerprint density at radius 3 is 2.71 bits per heavy atom. The molecule has 5 rings (SSSR count). The first-order chi connectivity index (χ1) is 15.1. The van der Waals surface area contributed by atoms with Gasteiger partial charge in [-0.05, 0) is 34.9 Å². The maximum atomic E-state index is 12.4. The predicted molar refractivity (Wildman–Crippen MR) is 121 cm³/mol. The van der Waals surface area contributed by atoms with Crippen molar-refractivity contribution in [2.24, 2.45) is 0 Å². The molecule has 0 atom stereocenters. The van der Waals surface area contributed by atoms with Gasteiger partial charge < -0.3 is 13.9 Å². The molecular formula is C25H20ClNO4. The Bertz CT molecular complexity index is 1320. The van der Waals surface area contributed by atoms with E-state index in [2.05, 4.69) is 4.90 Å². The van der Waals surface area contributed by atoms with Gasteiger partial charge in [0.25, 0.3) is 0 Å². The van der Waals surface area contributed by atoms with E-state index in [1.54, 1.807) is 7.11 Å². The van der Waals surface area contributed by atoms with Gasteiger partial charge in [0.1, 0.15) is 23.8 Å². The van der Waals surface area contributed by atoms with Crippen LogP contribution in [0.4, 0.5) is 0 Å². The molecule has 0 aliphatic carbocycles. The van der Waals surface area contributed by atoms with Crippen molar-refractivity contribution in [2.75, 3.05) is 13.8 Å². The van der Waals surface area contributed by atoms with Crippen LogP contribution in [0.2, 0.25) is 5.02 Å². The van der Waals surface area contributed by atoms with E-state index in [0.29, 0.717) is 36.2 Å². The standard InChI is InChI=1S/C25H20ClNO4/c1-29-18-9-5-6-16(10-18)13-27-14-21-24-20(11-22(26)25(21)30-15-27)19(12-23(28)31-24)17-7-3-2-4-8-17/h2-12H,13-15H2,1H3. The highest BCUT2D eigenvalue weighted by Crippen LogP contribution is 2.41. The van der Waals surface area contributed by atoms with Gasteiger partial charge in [0.05, 0.1) is 17.7 Å². The zero-order valence-corrected chi connectivity index (χ0v) is 17.7. The smallest absolute Gasteiger partial charge is 0.336 e. The molecule has 0 unspecified atom stereocenters. The SMILES string of the molecule is COc1cccc(CN2COc3c(Cl)cc4c(-c5ccccc5)cc(=O)oc4c3C2)c1. The van der Waals surface area contributed by atoms with E-state index in [-0.39, 0.29) is 0 Å². The first kappa shape index (κ1) is 19.7. The summed E-state index contributed by atoms with van der Waals surface area (Å²) in [4.78, 5) is 14.6. The number of ether oxygens (including phenoxy) is 2. The summed E-state index contributed by atoms with van der Waals surface area (Å²) in [5.74, 6) is 1.38. The largest absolute Gasteiger partial charge is 0.497 e. The zero-order chi connectivity index (χ0) is 21.4. The molecule has 0 fully saturated rings. The molecule has 1 aliphatic heterocycles. The average molecular weight is 434 g/mol. The van der Waals surface area contributed by atoms with Crippen molar-refractivity contribution in [1.82, 2.24) is 4.90 Å². The van der Waals surface area contributed by atoms with Gasteiger partial charge >= 0.3 is 5.63 Å². The first-order valence-corrected chi connectivity index (χ1v) is 10.3. The molecule has 6 heteroatoms. The third-order valence-corrected chi connectivity index (χ3v) is 5.71. The maximum Gasteiger partial charge on any atom is 0.336 e. The fourth-order valence-electron chi connectivity index (χ4n) is 4.02. The van der Waals surface area contributed by atoms with E-state index in [4.69, 9.17) is 25.5 Å². The first-order valence-electron chi connectivity index (χ1n) is 9.95. The van der Waals surface area contributed by atoms with Crippen molar-refractivity contribution < 1.29 is 13.9 Å². The Hall–Kier alpha value is -3.28. The number of halogens is 1. The fraction of sp³-hybridized carbons (Fsp3) is 0.160. The van der Waals surface area contributed by atoms with Crippen LogP contribution in [0.15, 0.2) is 75.9 Å². The highest BCUT2D eigenvalue weighted by molar-refractivity contribution is 6.33. The van der Waals surface area contributed by atoms with Crippen LogP contribution in [0.3, 0.4) is 0 Å². The molecule has 0 saturated heterocycles. The summed E-state index contributed by atoms with van der Waals surface area (Å²) in [5.41, 5.74) is 3.72. The summed E-state index contributed by atoms with van der Waals surface area (Å²) in [5, 5.41) is 1.30. The Morgan fingerprint density at radius 1 is 1.06 bits per heavy atom. The summed E-state index contributed by atoms with van der Waals surface area (Å²) in [6.07, 6.45) is 0. The zero-order valence-electron chi connectivity index (χ0n) is 16.9. The van der Waals surface area contributed by atoms with Gasteiger partial charge in [-0.25, -0.2) is 4.79 Å². The molecule has 31 heavy (non-hydrogen) atoms. The molecular weight excluding hydrogens is 414 g/mol. The second kappa shape index (κ2) is 8.10. The minimum Gasteiger partial charge on any atom is -0.497 e. The van der Waals surface area contributed by atoms with E-state index < -0.39 is 5.63 Å². The summed E-state index contributed by atoms with van der Waals surface area (Å²) in [6.45, 7) is 1.59. The van der Waals surface area contributed by atoms with Crippen molar-refractivity contribution in [2.45, 2.75) is 13.1 Å². The van der Waals surface area contributed by atoms with Crippen molar-refractivity contribution in [3.63, 3.8) is 0 Å². The Balaban J connectivity index is 1.58. The lowest BCUT2D eigenvalue weighted by Crippen LogP contribution is -2.32. The number of nitrogens with zero attached hydrogens (tertiary/aromatic N) is 1. The molecule has 0 bridgehead atoms. The van der Waals surface area contributed by atoms with Gasteiger partial charge in [-0.2, -0.15) is 0 Å². The van der Waals surface area contributed by atoms with Gasteiger partial charge in [-0.3, -0.25) is 4.90 Å². The topological polar surface area (TPSA) is 51.9 Å². The van der Waals surface area contributed by atoms with Crippen LogP contribution in [0.1, 0.15) is 11.1 Å². The third kappa shape index (κ3) is 3.78. The number of hydrogen-bond acceptors (Lipinski definition) is 5. The minimum atomic E-state index is -0.402. The maximum absolute atomic E-state index is 12.4. The Morgan fingerprint density at radius 2 is 1.90 bits per heavy atom. The number of fused-ring (bicyclic) bond motifs is 3. The number of hydrogen-bond donors (Lipinski definition) is 0. The van der Waals surface area contributed by atoms with Crippen molar-refractivity contribution in [1.29, 1.82) is 0 Å². The monoisotopic (exact) mass is 433 g/mol. The molecule has 0 N–H and O–H groups in total. The van der Waals surface area contributed by atoms with E-state index in [9.17, 15) is 4.79 Å². The summed E-state index contributed by atoms with van der Waals surface area (Å²) in [6, 6.07) is 21.0. The van der Waals surface area contributed by atoms with Crippen molar-refractivity contribution >= 4 is 22.6 Å². The summed E-state index contributed by atoms with van der Waals surface area (Å²) < 4.78 is 17.0. The van der Waals surface area contributed by atoms with Crippen LogP contribution in [-0.2, 0) is 13.1 Å². The molecule has 3 aromatic carbocycles. The molecule has 0 spiro atoms. The molecule has 2 heterocycles. The van der Waals surface area contributed by atoms with Crippen LogP contribution in [0.5, 0.6) is 11.5 Å². The van der Waals surface area contributed by atoms with Crippen molar-refractivity contribution in [3.8, 4) is 22.6 Å². The van der Waals surface area contributed by atoms with Gasteiger partial charge in [-0.1, -0.05) is 54.1 Å². The molecule has 1 aliphatic rings. The number of rotatable bonds is 4. The van der Waals surface area contributed by atoms with Gasteiger partial charge in [0, 0.05) is 24.5 Å². The molecule has 0 saturated carbocycles. The average Bonchev–Trinajstić information content (AvgIpc) is 2.80. The van der Waals surface area contributed by atoms with Gasteiger partial charge in [0.15, 0.2) is 0 Å². The molecule has 1 aromatic heterocycles. The second-order valence-corrected chi connectivity index (χ2v) is 7.91. The number of methoxy groups -OCH3 is 1. The van der Waals surface area contributed by atoms with Crippen LogP contribution >= 0.6 is 11.6 Å². The fourth-order valence-corrected chi connectivity index (χ4v) is 4.30. The van der Waals surface area contributed by atoms with E-state index in [1.165, 1.54) is 6.07 Å². The summed E-state index contributed by atoms with van der Waals surface area (Å²) in [7, 11) is 1.65. The molecule has 0 amide bonds. The van der Waals surface area contributed by atoms with Crippen LogP contribution in [0.25, 0.3) is 22.1 Å². The highest BCUT2D eigenvalue weighted by Gasteiger charge is 2.25. The van der Waals surface area contributed by atoms with Gasteiger partial charge in [-0.15, -0.1) is 0 Å². The Labute approximate surface area is 184 Å². The van der Waals surface area contributed by atoms with Crippen molar-refractivity contribution in [3.05, 3.63) is 93.3 Å². The summed E-state index contributed by atoms with van der Waals surface area (Å²) >= 11 is 6.59. The van der Waals surface area contributed by atoms with Crippen LogP contribution in [0, 0.1) is 0 Å². The third-order valence-electron chi connectivity index (χ3n) is 5.43. The lowest BCUT2D eigenvalue weighted by molar-refractivity contribution is 0.0890. The van der Waals surface area contributed by atoms with Crippen LogP contribution < -0.4 is 15.1 Å².